The number of nitrogens with zero attached hydrogens (tertiary/aromatic N) is 1. The van der Waals surface area contributed by atoms with Crippen molar-refractivity contribution in [1.29, 1.82) is 0 Å². The van der Waals surface area contributed by atoms with Crippen molar-refractivity contribution in [3.63, 3.8) is 0 Å². The Kier molecular flexibility index (Phi) is 4.42. The lowest BCUT2D eigenvalue weighted by Gasteiger charge is -2.11. The first kappa shape index (κ1) is 14.8. The molecule has 0 saturated carbocycles. The molecule has 0 fully saturated rings. The van der Waals surface area contributed by atoms with E-state index in [-0.39, 0.29) is 17.1 Å². The first-order valence-corrected chi connectivity index (χ1v) is 6.17. The summed E-state index contributed by atoms with van der Waals surface area (Å²) in [4.78, 5) is 15.8. The molecule has 4 nitrogen and oxygen atoms in total. The fourth-order valence-corrected chi connectivity index (χ4v) is 1.71. The zero-order valence-corrected chi connectivity index (χ0v) is 11.1. The molecule has 0 saturated heterocycles. The van der Waals surface area contributed by atoms with Crippen LogP contribution >= 0.6 is 0 Å². The molecule has 0 unspecified atom stereocenters. The highest BCUT2D eigenvalue weighted by Gasteiger charge is 2.16. The number of anilines is 2. The molecule has 1 aromatic heterocycles. The van der Waals surface area contributed by atoms with Crippen molar-refractivity contribution >= 4 is 17.4 Å². The van der Waals surface area contributed by atoms with Gasteiger partial charge in [-0.15, -0.1) is 0 Å². The second-order valence-electron chi connectivity index (χ2n) is 4.14. The first-order chi connectivity index (χ1) is 10.0. The van der Waals surface area contributed by atoms with Crippen LogP contribution in [0.5, 0.6) is 0 Å². The van der Waals surface area contributed by atoms with Gasteiger partial charge in [-0.25, -0.2) is 18.2 Å². The van der Waals surface area contributed by atoms with Gasteiger partial charge < -0.3 is 10.6 Å². The van der Waals surface area contributed by atoms with Crippen LogP contribution in [0.4, 0.5) is 24.7 Å². The summed E-state index contributed by atoms with van der Waals surface area (Å²) < 4.78 is 39.8. The number of rotatable bonds is 4. The maximum Gasteiger partial charge on any atom is 0.259 e. The van der Waals surface area contributed by atoms with Crippen LogP contribution in [-0.4, -0.2) is 17.4 Å². The molecule has 7 heteroatoms. The number of benzene rings is 1. The predicted octanol–water partition coefficient (Wildman–Crippen LogP) is 3.18. The quantitative estimate of drug-likeness (QED) is 0.911. The zero-order valence-electron chi connectivity index (χ0n) is 11.1. The molecule has 0 aliphatic heterocycles. The maximum absolute atomic E-state index is 13.5. The maximum atomic E-state index is 13.5. The summed E-state index contributed by atoms with van der Waals surface area (Å²) in [6, 6.07) is 4.36. The summed E-state index contributed by atoms with van der Waals surface area (Å²) in [6.45, 7) is 2.24. The molecule has 2 N–H and O–H groups in total. The SMILES string of the molecule is CCNc1ncc(F)cc1C(=O)Nc1cccc(F)c1F. The highest BCUT2D eigenvalue weighted by Crippen LogP contribution is 2.20. The van der Waals surface area contributed by atoms with Crippen LogP contribution in [0.15, 0.2) is 30.5 Å². The third-order valence-corrected chi connectivity index (χ3v) is 2.64. The lowest BCUT2D eigenvalue weighted by molar-refractivity contribution is 0.102. The second-order valence-corrected chi connectivity index (χ2v) is 4.14. The molecule has 0 aliphatic carbocycles. The third-order valence-electron chi connectivity index (χ3n) is 2.64. The van der Waals surface area contributed by atoms with Gasteiger partial charge in [0.2, 0.25) is 0 Å². The monoisotopic (exact) mass is 295 g/mol. The van der Waals surface area contributed by atoms with Gasteiger partial charge in [-0.1, -0.05) is 6.07 Å². The van der Waals surface area contributed by atoms with E-state index in [4.69, 9.17) is 0 Å². The Labute approximate surface area is 119 Å². The Morgan fingerprint density at radius 1 is 1.29 bits per heavy atom. The highest BCUT2D eigenvalue weighted by molar-refractivity contribution is 6.07. The Morgan fingerprint density at radius 3 is 2.76 bits per heavy atom. The van der Waals surface area contributed by atoms with Crippen molar-refractivity contribution in [3.8, 4) is 0 Å². The number of hydrogen-bond donors (Lipinski definition) is 2. The van der Waals surface area contributed by atoms with Crippen LogP contribution in [-0.2, 0) is 0 Å². The molecule has 0 spiro atoms. The molecule has 1 heterocycles. The summed E-state index contributed by atoms with van der Waals surface area (Å²) in [7, 11) is 0. The fraction of sp³-hybridized carbons (Fsp3) is 0.143. The summed E-state index contributed by atoms with van der Waals surface area (Å²) in [6.07, 6.45) is 0.956. The van der Waals surface area contributed by atoms with Crippen molar-refractivity contribution < 1.29 is 18.0 Å². The van der Waals surface area contributed by atoms with E-state index in [2.05, 4.69) is 15.6 Å². The number of hydrogen-bond acceptors (Lipinski definition) is 3. The van der Waals surface area contributed by atoms with E-state index >= 15 is 0 Å². The molecular weight excluding hydrogens is 283 g/mol. The largest absolute Gasteiger partial charge is 0.370 e. The van der Waals surface area contributed by atoms with Crippen LogP contribution in [0.2, 0.25) is 0 Å². The van der Waals surface area contributed by atoms with Gasteiger partial charge in [0.25, 0.3) is 5.91 Å². The predicted molar refractivity (Wildman–Crippen MR) is 72.7 cm³/mol. The smallest absolute Gasteiger partial charge is 0.259 e. The van der Waals surface area contributed by atoms with Crippen molar-refractivity contribution in [2.45, 2.75) is 6.92 Å². The minimum absolute atomic E-state index is 0.0967. The number of aromatic nitrogens is 1. The second kappa shape index (κ2) is 6.25. The minimum Gasteiger partial charge on any atom is -0.370 e. The average Bonchev–Trinajstić information content (AvgIpc) is 2.46. The van der Waals surface area contributed by atoms with Gasteiger partial charge >= 0.3 is 0 Å². The van der Waals surface area contributed by atoms with Crippen molar-refractivity contribution in [2.75, 3.05) is 17.2 Å². The molecule has 1 aromatic carbocycles. The zero-order chi connectivity index (χ0) is 15.4. The number of amides is 1. The summed E-state index contributed by atoms with van der Waals surface area (Å²) in [5.41, 5.74) is -0.424. The van der Waals surface area contributed by atoms with E-state index < -0.39 is 23.4 Å². The molecule has 0 radical (unpaired) electrons. The third kappa shape index (κ3) is 3.31. The lowest BCUT2D eigenvalue weighted by atomic mass is 10.2. The van der Waals surface area contributed by atoms with Crippen molar-refractivity contribution in [2.24, 2.45) is 0 Å². The Morgan fingerprint density at radius 2 is 2.05 bits per heavy atom. The summed E-state index contributed by atoms with van der Waals surface area (Å²) in [5.74, 6) is -3.60. The first-order valence-electron chi connectivity index (χ1n) is 6.17. The molecule has 0 atom stereocenters. The van der Waals surface area contributed by atoms with Crippen molar-refractivity contribution in [3.05, 3.63) is 53.5 Å². The molecule has 1 amide bonds. The molecule has 0 aliphatic rings. The van der Waals surface area contributed by atoms with Gasteiger partial charge in [0.05, 0.1) is 17.4 Å². The van der Waals surface area contributed by atoms with Crippen LogP contribution in [0.1, 0.15) is 17.3 Å². The van der Waals surface area contributed by atoms with Gasteiger partial charge in [-0.05, 0) is 25.1 Å². The van der Waals surface area contributed by atoms with E-state index in [9.17, 15) is 18.0 Å². The molecule has 0 bridgehead atoms. The molecule has 2 rings (SSSR count). The van der Waals surface area contributed by atoms with Gasteiger partial charge in [-0.2, -0.15) is 0 Å². The summed E-state index contributed by atoms with van der Waals surface area (Å²) >= 11 is 0. The molecule has 2 aromatic rings. The standard InChI is InChI=1S/C14H12F3N3O/c1-2-18-13-9(6-8(15)7-19-13)14(21)20-11-5-3-4-10(16)12(11)17/h3-7H,2H2,1H3,(H,18,19)(H,20,21). The highest BCUT2D eigenvalue weighted by atomic mass is 19.2. The average molecular weight is 295 g/mol. The minimum atomic E-state index is -1.18. The van der Waals surface area contributed by atoms with Crippen LogP contribution in [0.25, 0.3) is 0 Å². The Bertz CT molecular complexity index is 677. The Balaban J connectivity index is 2.32. The van der Waals surface area contributed by atoms with Gasteiger partial charge in [-0.3, -0.25) is 4.79 Å². The topological polar surface area (TPSA) is 54.0 Å². The summed E-state index contributed by atoms with van der Waals surface area (Å²) in [5, 5.41) is 4.98. The number of nitrogens with one attached hydrogen (secondary N) is 2. The van der Waals surface area contributed by atoms with E-state index in [1.165, 1.54) is 12.1 Å². The fourth-order valence-electron chi connectivity index (χ4n) is 1.71. The van der Waals surface area contributed by atoms with Gasteiger partial charge in [0, 0.05) is 6.54 Å². The van der Waals surface area contributed by atoms with E-state index in [1.807, 2.05) is 0 Å². The number of carbonyl (C=O) groups is 1. The van der Waals surface area contributed by atoms with Gasteiger partial charge in [0.15, 0.2) is 11.6 Å². The van der Waals surface area contributed by atoms with Crippen LogP contribution < -0.4 is 10.6 Å². The molecular formula is C14H12F3N3O. The number of pyridine rings is 1. The van der Waals surface area contributed by atoms with Crippen LogP contribution in [0.3, 0.4) is 0 Å². The lowest BCUT2D eigenvalue weighted by Crippen LogP contribution is -2.17. The Hall–Kier alpha value is -2.57. The molecule has 21 heavy (non-hydrogen) atoms. The van der Waals surface area contributed by atoms with E-state index in [0.717, 1.165) is 18.3 Å². The molecule has 110 valence electrons. The van der Waals surface area contributed by atoms with Crippen molar-refractivity contribution in [1.82, 2.24) is 4.98 Å². The van der Waals surface area contributed by atoms with Crippen LogP contribution in [0, 0.1) is 17.5 Å². The van der Waals surface area contributed by atoms with E-state index in [1.54, 1.807) is 6.92 Å². The normalized spacial score (nSPS) is 10.3. The number of halogens is 3. The number of carbonyl (C=O) groups excluding carboxylic acids is 1. The van der Waals surface area contributed by atoms with E-state index in [0.29, 0.717) is 6.54 Å². The van der Waals surface area contributed by atoms with Gasteiger partial charge in [0.1, 0.15) is 11.6 Å².